The number of rotatable bonds is 3. The van der Waals surface area contributed by atoms with Crippen molar-refractivity contribution in [1.82, 2.24) is 0 Å². The number of aromatic carboxylic acids is 1. The summed E-state index contributed by atoms with van der Waals surface area (Å²) in [5.41, 5.74) is 7.58. The smallest absolute Gasteiger partial charge is 0.335 e. The third kappa shape index (κ3) is 3.10. The van der Waals surface area contributed by atoms with Crippen molar-refractivity contribution < 1.29 is 9.90 Å². The lowest BCUT2D eigenvalue weighted by atomic mass is 10.1. The first kappa shape index (κ1) is 13.5. The number of hydrogen-bond acceptors (Lipinski definition) is 3. The number of carboxylic acid groups (broad SMARTS) is 1. The molecule has 0 amide bonds. The number of nitrogen functional groups attached to an aromatic ring is 1. The van der Waals surface area contributed by atoms with E-state index >= 15 is 0 Å². The molecule has 6 heteroatoms. The second-order valence-electron chi connectivity index (χ2n) is 3.86. The molecule has 0 saturated heterocycles. The van der Waals surface area contributed by atoms with E-state index < -0.39 is 5.97 Å². The summed E-state index contributed by atoms with van der Waals surface area (Å²) in [6.45, 7) is 0. The number of hydrogen-bond donors (Lipinski definition) is 3. The first-order valence-corrected chi connectivity index (χ1v) is 6.08. The van der Waals surface area contributed by atoms with Gasteiger partial charge < -0.3 is 16.2 Å². The van der Waals surface area contributed by atoms with Crippen LogP contribution in [-0.2, 0) is 0 Å². The summed E-state index contributed by atoms with van der Waals surface area (Å²) in [6, 6.07) is 9.53. The molecule has 2 rings (SSSR count). The highest BCUT2D eigenvalue weighted by molar-refractivity contribution is 6.42. The Balaban J connectivity index is 2.28. The van der Waals surface area contributed by atoms with Gasteiger partial charge in [0.1, 0.15) is 0 Å². The first-order valence-electron chi connectivity index (χ1n) is 5.32. The summed E-state index contributed by atoms with van der Waals surface area (Å²) in [7, 11) is 0. The fraction of sp³-hybridized carbons (Fsp3) is 0. The molecule has 0 aliphatic rings. The summed E-state index contributed by atoms with van der Waals surface area (Å²) < 4.78 is 0. The highest BCUT2D eigenvalue weighted by Gasteiger charge is 2.07. The third-order valence-electron chi connectivity index (χ3n) is 2.50. The molecule has 98 valence electrons. The molecular weight excluding hydrogens is 287 g/mol. The number of carbonyl (C=O) groups is 1. The van der Waals surface area contributed by atoms with E-state index in [4.69, 9.17) is 34.0 Å². The number of nitrogens with one attached hydrogen (secondary N) is 1. The van der Waals surface area contributed by atoms with Crippen molar-refractivity contribution >= 4 is 46.2 Å². The normalized spacial score (nSPS) is 10.2. The van der Waals surface area contributed by atoms with Crippen LogP contribution in [0.15, 0.2) is 36.4 Å². The van der Waals surface area contributed by atoms with Crippen molar-refractivity contribution in [1.29, 1.82) is 0 Å². The van der Waals surface area contributed by atoms with Gasteiger partial charge >= 0.3 is 5.97 Å². The Morgan fingerprint density at radius 3 is 2.42 bits per heavy atom. The molecule has 0 radical (unpaired) electrons. The SMILES string of the molecule is Nc1cc(C(=O)O)ccc1Nc1ccc(Cl)c(Cl)c1. The molecule has 19 heavy (non-hydrogen) atoms. The molecule has 0 aliphatic carbocycles. The third-order valence-corrected chi connectivity index (χ3v) is 3.24. The summed E-state index contributed by atoms with van der Waals surface area (Å²) in [5, 5.41) is 12.8. The van der Waals surface area contributed by atoms with E-state index in [2.05, 4.69) is 5.32 Å². The van der Waals surface area contributed by atoms with Crippen molar-refractivity contribution in [3.63, 3.8) is 0 Å². The maximum absolute atomic E-state index is 10.8. The molecule has 0 fully saturated rings. The van der Waals surface area contributed by atoms with Crippen LogP contribution >= 0.6 is 23.2 Å². The Morgan fingerprint density at radius 1 is 1.11 bits per heavy atom. The molecule has 0 spiro atoms. The maximum atomic E-state index is 10.8. The molecule has 0 aliphatic heterocycles. The monoisotopic (exact) mass is 296 g/mol. The predicted molar refractivity (Wildman–Crippen MR) is 77.6 cm³/mol. The Morgan fingerprint density at radius 2 is 1.84 bits per heavy atom. The predicted octanol–water partition coefficient (Wildman–Crippen LogP) is 4.02. The van der Waals surface area contributed by atoms with E-state index in [9.17, 15) is 4.79 Å². The van der Waals surface area contributed by atoms with Gasteiger partial charge in [-0.2, -0.15) is 0 Å². The topological polar surface area (TPSA) is 75.4 Å². The van der Waals surface area contributed by atoms with E-state index in [0.29, 0.717) is 27.1 Å². The molecule has 0 atom stereocenters. The first-order chi connectivity index (χ1) is 8.97. The second kappa shape index (κ2) is 5.38. The van der Waals surface area contributed by atoms with Crippen molar-refractivity contribution in [3.8, 4) is 0 Å². The number of nitrogens with two attached hydrogens (primary N) is 1. The minimum absolute atomic E-state index is 0.136. The van der Waals surface area contributed by atoms with Crippen LogP contribution in [0.1, 0.15) is 10.4 Å². The van der Waals surface area contributed by atoms with Crippen LogP contribution < -0.4 is 11.1 Å². The number of halogens is 2. The van der Waals surface area contributed by atoms with Gasteiger partial charge in [-0.25, -0.2) is 4.79 Å². The summed E-state index contributed by atoms with van der Waals surface area (Å²) >= 11 is 11.7. The molecule has 0 aromatic heterocycles. The maximum Gasteiger partial charge on any atom is 0.335 e. The van der Waals surface area contributed by atoms with E-state index in [-0.39, 0.29) is 5.56 Å². The van der Waals surface area contributed by atoms with Crippen LogP contribution in [0.2, 0.25) is 10.0 Å². The number of anilines is 3. The number of carboxylic acids is 1. The molecule has 2 aromatic carbocycles. The van der Waals surface area contributed by atoms with Crippen LogP contribution in [0.25, 0.3) is 0 Å². The number of benzene rings is 2. The molecule has 2 aromatic rings. The summed E-state index contributed by atoms with van der Waals surface area (Å²) in [6.07, 6.45) is 0. The van der Waals surface area contributed by atoms with Gasteiger partial charge in [0.25, 0.3) is 0 Å². The minimum atomic E-state index is -1.02. The van der Waals surface area contributed by atoms with Crippen molar-refractivity contribution in [2.75, 3.05) is 11.1 Å². The molecule has 4 nitrogen and oxygen atoms in total. The van der Waals surface area contributed by atoms with E-state index in [0.717, 1.165) is 0 Å². The molecule has 0 heterocycles. The Kier molecular flexibility index (Phi) is 3.83. The van der Waals surface area contributed by atoms with Crippen LogP contribution in [0.3, 0.4) is 0 Å². The Hall–Kier alpha value is -1.91. The highest BCUT2D eigenvalue weighted by atomic mass is 35.5. The standard InChI is InChI=1S/C13H10Cl2N2O2/c14-9-3-2-8(6-10(9)15)17-12-4-1-7(13(18)19)5-11(12)16/h1-6,17H,16H2,(H,18,19). The summed E-state index contributed by atoms with van der Waals surface area (Å²) in [5.74, 6) is -1.02. The van der Waals surface area contributed by atoms with Gasteiger partial charge in [-0.3, -0.25) is 0 Å². The summed E-state index contributed by atoms with van der Waals surface area (Å²) in [4.78, 5) is 10.8. The molecule has 4 N–H and O–H groups in total. The van der Waals surface area contributed by atoms with Crippen LogP contribution in [0.4, 0.5) is 17.1 Å². The quantitative estimate of drug-likeness (QED) is 0.748. The Labute approximate surface area is 119 Å². The van der Waals surface area contributed by atoms with Crippen molar-refractivity contribution in [3.05, 3.63) is 52.0 Å². The van der Waals surface area contributed by atoms with Crippen LogP contribution in [0, 0.1) is 0 Å². The van der Waals surface area contributed by atoms with Gasteiger partial charge in [0, 0.05) is 5.69 Å². The zero-order valence-electron chi connectivity index (χ0n) is 9.65. The van der Waals surface area contributed by atoms with Gasteiger partial charge in [-0.05, 0) is 36.4 Å². The lowest BCUT2D eigenvalue weighted by Gasteiger charge is -2.10. The fourth-order valence-electron chi connectivity index (χ4n) is 1.54. The zero-order chi connectivity index (χ0) is 14.0. The van der Waals surface area contributed by atoms with Gasteiger partial charge in [0.2, 0.25) is 0 Å². The van der Waals surface area contributed by atoms with E-state index in [1.54, 1.807) is 24.3 Å². The largest absolute Gasteiger partial charge is 0.478 e. The van der Waals surface area contributed by atoms with E-state index in [1.165, 1.54) is 12.1 Å². The molecule has 0 saturated carbocycles. The highest BCUT2D eigenvalue weighted by Crippen LogP contribution is 2.29. The van der Waals surface area contributed by atoms with Crippen molar-refractivity contribution in [2.45, 2.75) is 0 Å². The van der Waals surface area contributed by atoms with Gasteiger partial charge in [0.05, 0.1) is 27.0 Å². The second-order valence-corrected chi connectivity index (χ2v) is 4.68. The molecule has 0 bridgehead atoms. The van der Waals surface area contributed by atoms with E-state index in [1.807, 2.05) is 0 Å². The van der Waals surface area contributed by atoms with Gasteiger partial charge in [-0.1, -0.05) is 23.2 Å². The van der Waals surface area contributed by atoms with Gasteiger partial charge in [-0.15, -0.1) is 0 Å². The zero-order valence-corrected chi connectivity index (χ0v) is 11.2. The average molecular weight is 297 g/mol. The lowest BCUT2D eigenvalue weighted by molar-refractivity contribution is 0.0697. The fourth-order valence-corrected chi connectivity index (χ4v) is 1.84. The van der Waals surface area contributed by atoms with Crippen LogP contribution in [0.5, 0.6) is 0 Å². The van der Waals surface area contributed by atoms with Crippen LogP contribution in [-0.4, -0.2) is 11.1 Å². The minimum Gasteiger partial charge on any atom is -0.478 e. The van der Waals surface area contributed by atoms with Crippen molar-refractivity contribution in [2.24, 2.45) is 0 Å². The molecule has 0 unspecified atom stereocenters. The Bertz CT molecular complexity index is 645. The van der Waals surface area contributed by atoms with Gasteiger partial charge in [0.15, 0.2) is 0 Å². The molecular formula is C13H10Cl2N2O2. The lowest BCUT2D eigenvalue weighted by Crippen LogP contribution is -2.01. The average Bonchev–Trinajstić information content (AvgIpc) is 2.36.